The van der Waals surface area contributed by atoms with Crippen molar-refractivity contribution in [3.8, 4) is 12.3 Å². The number of terminal acetylenes is 1. The van der Waals surface area contributed by atoms with Crippen molar-refractivity contribution < 1.29 is 13.2 Å². The molecule has 0 aliphatic heterocycles. The third-order valence-electron chi connectivity index (χ3n) is 3.93. The van der Waals surface area contributed by atoms with Crippen LogP contribution in [-0.4, -0.2) is 14.3 Å². The SMILES string of the molecule is C#Cc1cccc(NC(=O)c2ccc(NS(=O)(=O)/C=C/c3ccccc3)cc2)c1. The molecule has 0 fully saturated rings. The normalized spacial score (nSPS) is 11.0. The third-order valence-corrected chi connectivity index (χ3v) is 4.95. The highest BCUT2D eigenvalue weighted by molar-refractivity contribution is 7.95. The summed E-state index contributed by atoms with van der Waals surface area (Å²) < 4.78 is 26.9. The number of hydrogen-bond acceptors (Lipinski definition) is 3. The number of carbonyl (C=O) groups is 1. The molecule has 5 nitrogen and oxygen atoms in total. The van der Waals surface area contributed by atoms with Crippen LogP contribution < -0.4 is 10.0 Å². The lowest BCUT2D eigenvalue weighted by Crippen LogP contribution is -2.12. The molecule has 0 aromatic heterocycles. The molecule has 0 atom stereocenters. The van der Waals surface area contributed by atoms with Gasteiger partial charge in [0.25, 0.3) is 15.9 Å². The molecule has 3 aromatic carbocycles. The summed E-state index contributed by atoms with van der Waals surface area (Å²) in [7, 11) is -3.67. The largest absolute Gasteiger partial charge is 0.322 e. The fourth-order valence-electron chi connectivity index (χ4n) is 2.51. The zero-order chi connectivity index (χ0) is 20.7. The summed E-state index contributed by atoms with van der Waals surface area (Å²) in [4.78, 5) is 12.4. The molecule has 0 unspecified atom stereocenters. The van der Waals surface area contributed by atoms with Gasteiger partial charge in [0.1, 0.15) is 0 Å². The van der Waals surface area contributed by atoms with Gasteiger partial charge in [-0.3, -0.25) is 9.52 Å². The van der Waals surface area contributed by atoms with Gasteiger partial charge in [0.05, 0.1) is 5.41 Å². The number of nitrogens with one attached hydrogen (secondary N) is 2. The first-order valence-electron chi connectivity index (χ1n) is 8.69. The predicted molar refractivity (Wildman–Crippen MR) is 117 cm³/mol. The Kier molecular flexibility index (Phi) is 6.12. The third kappa shape index (κ3) is 5.83. The number of benzene rings is 3. The summed E-state index contributed by atoms with van der Waals surface area (Å²) in [5, 5.41) is 3.85. The maximum absolute atomic E-state index is 12.4. The number of hydrogen-bond donors (Lipinski definition) is 2. The predicted octanol–water partition coefficient (Wildman–Crippen LogP) is 4.33. The van der Waals surface area contributed by atoms with E-state index in [0.717, 1.165) is 11.0 Å². The van der Waals surface area contributed by atoms with Crippen LogP contribution in [-0.2, 0) is 10.0 Å². The van der Waals surface area contributed by atoms with E-state index in [-0.39, 0.29) is 5.91 Å². The molecule has 3 rings (SSSR count). The highest BCUT2D eigenvalue weighted by atomic mass is 32.2. The molecular formula is C23H18N2O3S. The van der Waals surface area contributed by atoms with Crippen molar-refractivity contribution in [2.75, 3.05) is 10.0 Å². The maximum atomic E-state index is 12.4. The Bertz CT molecular complexity index is 1180. The number of anilines is 2. The smallest absolute Gasteiger partial charge is 0.255 e. The molecule has 29 heavy (non-hydrogen) atoms. The Hall–Kier alpha value is -3.82. The van der Waals surface area contributed by atoms with Gasteiger partial charge in [0, 0.05) is 22.5 Å². The highest BCUT2D eigenvalue weighted by Crippen LogP contribution is 2.15. The van der Waals surface area contributed by atoms with E-state index in [2.05, 4.69) is 16.0 Å². The van der Waals surface area contributed by atoms with Gasteiger partial charge in [0.2, 0.25) is 0 Å². The van der Waals surface area contributed by atoms with Crippen molar-refractivity contribution in [1.29, 1.82) is 0 Å². The van der Waals surface area contributed by atoms with Crippen LogP contribution in [0.2, 0.25) is 0 Å². The Balaban J connectivity index is 1.65. The van der Waals surface area contributed by atoms with Crippen LogP contribution in [0.5, 0.6) is 0 Å². The average molecular weight is 402 g/mol. The molecule has 144 valence electrons. The maximum Gasteiger partial charge on any atom is 0.255 e. The zero-order valence-corrected chi connectivity index (χ0v) is 16.2. The molecule has 0 radical (unpaired) electrons. The lowest BCUT2D eigenvalue weighted by atomic mass is 10.1. The van der Waals surface area contributed by atoms with E-state index in [1.54, 1.807) is 48.5 Å². The molecule has 1 amide bonds. The molecule has 0 heterocycles. The first-order chi connectivity index (χ1) is 13.9. The van der Waals surface area contributed by atoms with Gasteiger partial charge in [-0.1, -0.05) is 42.3 Å². The Morgan fingerprint density at radius 1 is 0.897 bits per heavy atom. The second-order valence-electron chi connectivity index (χ2n) is 6.12. The van der Waals surface area contributed by atoms with Gasteiger partial charge in [-0.05, 0) is 54.1 Å². The topological polar surface area (TPSA) is 75.3 Å². The minimum Gasteiger partial charge on any atom is -0.322 e. The molecule has 3 aromatic rings. The molecule has 0 saturated carbocycles. The summed E-state index contributed by atoms with van der Waals surface area (Å²) in [6.45, 7) is 0. The molecule has 2 N–H and O–H groups in total. The summed E-state index contributed by atoms with van der Waals surface area (Å²) in [6, 6.07) is 22.2. The van der Waals surface area contributed by atoms with Crippen molar-refractivity contribution in [1.82, 2.24) is 0 Å². The number of sulfonamides is 1. The van der Waals surface area contributed by atoms with Gasteiger partial charge in [-0.2, -0.15) is 0 Å². The van der Waals surface area contributed by atoms with Crippen LogP contribution in [0.4, 0.5) is 11.4 Å². The molecular weight excluding hydrogens is 384 g/mol. The second kappa shape index (κ2) is 8.91. The summed E-state index contributed by atoms with van der Waals surface area (Å²) in [5.41, 5.74) is 2.77. The minimum absolute atomic E-state index is 0.322. The second-order valence-corrected chi connectivity index (χ2v) is 7.68. The zero-order valence-electron chi connectivity index (χ0n) is 15.4. The van der Waals surface area contributed by atoms with Gasteiger partial charge in [-0.25, -0.2) is 8.42 Å². The van der Waals surface area contributed by atoms with Crippen molar-refractivity contribution in [2.45, 2.75) is 0 Å². The van der Waals surface area contributed by atoms with Crippen LogP contribution in [0.3, 0.4) is 0 Å². The van der Waals surface area contributed by atoms with Crippen LogP contribution >= 0.6 is 0 Å². The molecule has 0 aliphatic rings. The van der Waals surface area contributed by atoms with Gasteiger partial charge >= 0.3 is 0 Å². The molecule has 0 aliphatic carbocycles. The number of amides is 1. The van der Waals surface area contributed by atoms with Crippen molar-refractivity contribution >= 4 is 33.4 Å². The standard InChI is InChI=1S/C23H18N2O3S/c1-2-18-9-6-10-22(17-18)24-23(26)20-11-13-21(14-12-20)25-29(27,28)16-15-19-7-4-3-5-8-19/h1,3-17,25H,(H,24,26)/b16-15+. The fraction of sp³-hybridized carbons (Fsp3) is 0. The van der Waals surface area contributed by atoms with Crippen molar-refractivity contribution in [3.05, 3.63) is 101 Å². The molecule has 6 heteroatoms. The van der Waals surface area contributed by atoms with Crippen LogP contribution in [0.25, 0.3) is 6.08 Å². The van der Waals surface area contributed by atoms with E-state index in [0.29, 0.717) is 22.5 Å². The lowest BCUT2D eigenvalue weighted by molar-refractivity contribution is 0.102. The van der Waals surface area contributed by atoms with Gasteiger partial charge in [0.15, 0.2) is 0 Å². The Morgan fingerprint density at radius 3 is 2.31 bits per heavy atom. The molecule has 0 spiro atoms. The fourth-order valence-corrected chi connectivity index (χ4v) is 3.38. The van der Waals surface area contributed by atoms with E-state index in [9.17, 15) is 13.2 Å². The number of rotatable bonds is 6. The summed E-state index contributed by atoms with van der Waals surface area (Å²) >= 11 is 0. The van der Waals surface area contributed by atoms with Gasteiger partial charge in [-0.15, -0.1) is 6.42 Å². The minimum atomic E-state index is -3.67. The van der Waals surface area contributed by atoms with Crippen molar-refractivity contribution in [3.63, 3.8) is 0 Å². The van der Waals surface area contributed by atoms with E-state index < -0.39 is 10.0 Å². The molecule has 0 bridgehead atoms. The quantitative estimate of drug-likeness (QED) is 0.603. The van der Waals surface area contributed by atoms with Crippen LogP contribution in [0.15, 0.2) is 84.3 Å². The van der Waals surface area contributed by atoms with E-state index in [1.165, 1.54) is 18.2 Å². The molecule has 0 saturated heterocycles. The van der Waals surface area contributed by atoms with Crippen LogP contribution in [0.1, 0.15) is 21.5 Å². The average Bonchev–Trinajstić information content (AvgIpc) is 2.73. The van der Waals surface area contributed by atoms with Crippen LogP contribution in [0, 0.1) is 12.3 Å². The summed E-state index contributed by atoms with van der Waals surface area (Å²) in [6.07, 6.45) is 6.87. The Morgan fingerprint density at radius 2 is 1.62 bits per heavy atom. The lowest BCUT2D eigenvalue weighted by Gasteiger charge is -2.08. The number of carbonyl (C=O) groups excluding carboxylic acids is 1. The Labute approximate surface area is 170 Å². The first-order valence-corrected chi connectivity index (χ1v) is 10.2. The highest BCUT2D eigenvalue weighted by Gasteiger charge is 2.09. The monoisotopic (exact) mass is 402 g/mol. The van der Waals surface area contributed by atoms with Crippen molar-refractivity contribution in [2.24, 2.45) is 0 Å². The first kappa shape index (κ1) is 19.9. The van der Waals surface area contributed by atoms with Gasteiger partial charge < -0.3 is 5.32 Å². The van der Waals surface area contributed by atoms with E-state index in [1.807, 2.05) is 18.2 Å². The van der Waals surface area contributed by atoms with E-state index in [4.69, 9.17) is 6.42 Å². The van der Waals surface area contributed by atoms with E-state index >= 15 is 0 Å². The summed E-state index contributed by atoms with van der Waals surface area (Å²) in [5.74, 6) is 2.19.